The Balaban J connectivity index is 2.98. The molecule has 0 aliphatic heterocycles. The Morgan fingerprint density at radius 2 is 1.90 bits per heavy atom. The Hall–Kier alpha value is -1.02. The highest BCUT2D eigenvalue weighted by Gasteiger charge is 2.22. The zero-order valence-electron chi connectivity index (χ0n) is 11.4. The molecule has 3 N–H and O–H groups in total. The highest BCUT2D eigenvalue weighted by atomic mass is 32.2. The first-order valence-electron chi connectivity index (χ1n) is 6.40. The molecule has 0 radical (unpaired) electrons. The molecule has 0 aromatic heterocycles. The third-order valence-electron chi connectivity index (χ3n) is 2.76. The third-order valence-corrected chi connectivity index (χ3v) is 4.82. The third kappa shape index (κ3) is 4.52. The van der Waals surface area contributed by atoms with Gasteiger partial charge in [-0.15, -0.1) is 0 Å². The quantitative estimate of drug-likeness (QED) is 0.697. The number of nitrogens with two attached hydrogens (primary N) is 1. The van der Waals surface area contributed by atoms with Gasteiger partial charge >= 0.3 is 0 Å². The summed E-state index contributed by atoms with van der Waals surface area (Å²) in [5.41, 5.74) is 6.33. The first kappa shape index (κ1) is 17.0. The van der Waals surface area contributed by atoms with E-state index in [1.54, 1.807) is 24.3 Å². The number of hydrogen-bond acceptors (Lipinski definition) is 4. The van der Waals surface area contributed by atoms with E-state index in [2.05, 4.69) is 0 Å². The SMILES string of the molecule is CCCN(CCO)S(=O)(=O)c1ccc(CC(N)=S)cc1. The molecule has 0 aliphatic rings. The first-order chi connectivity index (χ1) is 9.41. The van der Waals surface area contributed by atoms with Gasteiger partial charge in [-0.1, -0.05) is 31.3 Å². The van der Waals surface area contributed by atoms with E-state index >= 15 is 0 Å². The molecule has 0 unspecified atom stereocenters. The van der Waals surface area contributed by atoms with Gasteiger partial charge < -0.3 is 10.8 Å². The van der Waals surface area contributed by atoms with Crippen molar-refractivity contribution in [3.05, 3.63) is 29.8 Å². The van der Waals surface area contributed by atoms with Gasteiger partial charge in [-0.25, -0.2) is 8.42 Å². The van der Waals surface area contributed by atoms with Gasteiger partial charge in [-0.2, -0.15) is 4.31 Å². The number of thiocarbonyl (C=S) groups is 1. The van der Waals surface area contributed by atoms with E-state index in [0.717, 1.165) is 5.56 Å². The van der Waals surface area contributed by atoms with Crippen molar-refractivity contribution in [1.29, 1.82) is 0 Å². The summed E-state index contributed by atoms with van der Waals surface area (Å²) in [6.45, 7) is 2.19. The van der Waals surface area contributed by atoms with Gasteiger partial charge in [0.25, 0.3) is 0 Å². The summed E-state index contributed by atoms with van der Waals surface area (Å²) in [5, 5.41) is 8.98. The Bertz CT molecular complexity index is 535. The molecule has 0 fully saturated rings. The fourth-order valence-electron chi connectivity index (χ4n) is 1.84. The Morgan fingerprint density at radius 1 is 1.30 bits per heavy atom. The minimum absolute atomic E-state index is 0.102. The highest BCUT2D eigenvalue weighted by molar-refractivity contribution is 7.89. The summed E-state index contributed by atoms with van der Waals surface area (Å²) in [6, 6.07) is 6.50. The molecule has 0 saturated heterocycles. The van der Waals surface area contributed by atoms with E-state index in [1.165, 1.54) is 4.31 Å². The van der Waals surface area contributed by atoms with Gasteiger partial charge in [0.1, 0.15) is 0 Å². The monoisotopic (exact) mass is 316 g/mol. The zero-order chi connectivity index (χ0) is 15.2. The normalized spacial score (nSPS) is 11.8. The Morgan fingerprint density at radius 3 is 2.35 bits per heavy atom. The van der Waals surface area contributed by atoms with Crippen LogP contribution in [0.15, 0.2) is 29.2 Å². The molecule has 5 nitrogen and oxygen atoms in total. The standard InChI is InChI=1S/C13H20N2O3S2/c1-2-7-15(8-9-16)20(17,18)12-5-3-11(4-6-12)10-13(14)19/h3-6,16H,2,7-10H2,1H3,(H2,14,19). The van der Waals surface area contributed by atoms with Crippen LogP contribution >= 0.6 is 12.2 Å². The van der Waals surface area contributed by atoms with Gasteiger partial charge in [0.15, 0.2) is 0 Å². The summed E-state index contributed by atoms with van der Waals surface area (Å²) in [4.78, 5) is 0.583. The molecule has 0 bridgehead atoms. The maximum absolute atomic E-state index is 12.4. The van der Waals surface area contributed by atoms with Crippen molar-refractivity contribution in [2.24, 2.45) is 5.73 Å². The van der Waals surface area contributed by atoms with E-state index in [-0.39, 0.29) is 18.0 Å². The molecular weight excluding hydrogens is 296 g/mol. The number of benzene rings is 1. The molecule has 0 atom stereocenters. The summed E-state index contributed by atoms with van der Waals surface area (Å²) in [7, 11) is -3.56. The topological polar surface area (TPSA) is 83.6 Å². The molecule has 112 valence electrons. The lowest BCUT2D eigenvalue weighted by atomic mass is 10.1. The number of aliphatic hydroxyl groups is 1. The van der Waals surface area contributed by atoms with Gasteiger partial charge in [-0.3, -0.25) is 0 Å². The predicted octanol–water partition coefficient (Wildman–Crippen LogP) is 0.908. The maximum atomic E-state index is 12.4. The lowest BCUT2D eigenvalue weighted by molar-refractivity contribution is 0.253. The molecule has 0 amide bonds. The van der Waals surface area contributed by atoms with E-state index in [9.17, 15) is 8.42 Å². The van der Waals surface area contributed by atoms with Crippen LogP contribution in [0.25, 0.3) is 0 Å². The second-order valence-corrected chi connectivity index (χ2v) is 6.88. The van der Waals surface area contributed by atoms with Crippen LogP contribution in [0.5, 0.6) is 0 Å². The number of nitrogens with zero attached hydrogens (tertiary/aromatic N) is 1. The van der Waals surface area contributed by atoms with Gasteiger partial charge in [0, 0.05) is 19.5 Å². The molecule has 1 aromatic carbocycles. The first-order valence-corrected chi connectivity index (χ1v) is 8.25. The van der Waals surface area contributed by atoms with Crippen LogP contribution < -0.4 is 5.73 Å². The van der Waals surface area contributed by atoms with Crippen LogP contribution in [-0.4, -0.2) is 42.5 Å². The summed E-state index contributed by atoms with van der Waals surface area (Å²) >= 11 is 4.82. The van der Waals surface area contributed by atoms with E-state index in [4.69, 9.17) is 23.1 Å². The Labute approximate surface area is 125 Å². The number of sulfonamides is 1. The lowest BCUT2D eigenvalue weighted by Gasteiger charge is -2.20. The molecule has 0 heterocycles. The lowest BCUT2D eigenvalue weighted by Crippen LogP contribution is -2.34. The van der Waals surface area contributed by atoms with Crippen LogP contribution in [0, 0.1) is 0 Å². The van der Waals surface area contributed by atoms with Gasteiger partial charge in [-0.05, 0) is 24.1 Å². The van der Waals surface area contributed by atoms with Crippen molar-refractivity contribution >= 4 is 27.2 Å². The number of hydrogen-bond donors (Lipinski definition) is 2. The fraction of sp³-hybridized carbons (Fsp3) is 0.462. The molecule has 0 aliphatic carbocycles. The van der Waals surface area contributed by atoms with Crippen molar-refractivity contribution in [3.63, 3.8) is 0 Å². The van der Waals surface area contributed by atoms with Crippen molar-refractivity contribution in [3.8, 4) is 0 Å². The second-order valence-electron chi connectivity index (χ2n) is 4.41. The van der Waals surface area contributed by atoms with Gasteiger partial charge in [0.2, 0.25) is 10.0 Å². The molecule has 1 rings (SSSR count). The van der Waals surface area contributed by atoms with Crippen molar-refractivity contribution in [2.75, 3.05) is 19.7 Å². The average Bonchev–Trinajstić information content (AvgIpc) is 2.38. The van der Waals surface area contributed by atoms with Crippen LogP contribution in [0.4, 0.5) is 0 Å². The second kappa shape index (κ2) is 7.68. The van der Waals surface area contributed by atoms with Crippen LogP contribution in [0.3, 0.4) is 0 Å². The average molecular weight is 316 g/mol. The molecular formula is C13H20N2O3S2. The van der Waals surface area contributed by atoms with Crippen LogP contribution in [0.1, 0.15) is 18.9 Å². The van der Waals surface area contributed by atoms with E-state index in [0.29, 0.717) is 24.4 Å². The van der Waals surface area contributed by atoms with E-state index < -0.39 is 10.0 Å². The molecule has 7 heteroatoms. The maximum Gasteiger partial charge on any atom is 0.243 e. The van der Waals surface area contributed by atoms with Crippen molar-refractivity contribution < 1.29 is 13.5 Å². The molecule has 1 aromatic rings. The minimum Gasteiger partial charge on any atom is -0.395 e. The smallest absolute Gasteiger partial charge is 0.243 e. The summed E-state index contributed by atoms with van der Waals surface area (Å²) in [5.74, 6) is 0. The molecule has 0 spiro atoms. The summed E-state index contributed by atoms with van der Waals surface area (Å²) < 4.78 is 26.1. The minimum atomic E-state index is -3.56. The zero-order valence-corrected chi connectivity index (χ0v) is 13.1. The van der Waals surface area contributed by atoms with E-state index in [1.807, 2.05) is 6.92 Å². The van der Waals surface area contributed by atoms with Crippen molar-refractivity contribution in [2.45, 2.75) is 24.7 Å². The number of rotatable bonds is 8. The van der Waals surface area contributed by atoms with Crippen molar-refractivity contribution in [1.82, 2.24) is 4.31 Å². The summed E-state index contributed by atoms with van der Waals surface area (Å²) in [6.07, 6.45) is 1.14. The molecule has 20 heavy (non-hydrogen) atoms. The highest BCUT2D eigenvalue weighted by Crippen LogP contribution is 2.17. The van der Waals surface area contributed by atoms with Crippen LogP contribution in [-0.2, 0) is 16.4 Å². The molecule has 0 saturated carbocycles. The van der Waals surface area contributed by atoms with Crippen LogP contribution in [0.2, 0.25) is 0 Å². The largest absolute Gasteiger partial charge is 0.395 e. The van der Waals surface area contributed by atoms with Gasteiger partial charge in [0.05, 0.1) is 16.5 Å². The fourth-order valence-corrected chi connectivity index (χ4v) is 3.53. The Kier molecular flexibility index (Phi) is 6.54. The number of aliphatic hydroxyl groups excluding tert-OH is 1. The predicted molar refractivity (Wildman–Crippen MR) is 83.1 cm³/mol.